The molecule has 0 amide bonds. The molecule has 0 heterocycles. The van der Waals surface area contributed by atoms with Gasteiger partial charge >= 0.3 is 0 Å². The van der Waals surface area contributed by atoms with Crippen LogP contribution < -0.4 is 0 Å². The second kappa shape index (κ2) is 4.98. The molecule has 56 valence electrons. The second-order valence-electron chi connectivity index (χ2n) is 2.44. The number of hydrogen-bond acceptors (Lipinski definition) is 1. The summed E-state index contributed by atoms with van der Waals surface area (Å²) in [6.45, 7) is 5.70. The summed E-state index contributed by atoms with van der Waals surface area (Å²) in [5, 5.41) is 0. The Morgan fingerprint density at radius 3 is 2.30 bits per heavy atom. The molecule has 0 unspecified atom stereocenters. The minimum atomic E-state index is 0.113. The van der Waals surface area contributed by atoms with Crippen molar-refractivity contribution in [3.8, 4) is 0 Å². The van der Waals surface area contributed by atoms with Crippen molar-refractivity contribution in [2.45, 2.75) is 20.8 Å². The largest absolute Gasteiger partial charge is 0.295 e. The Kier molecular flexibility index (Phi) is 4.55. The fraction of sp³-hybridized carbons (Fsp3) is 0.444. The van der Waals surface area contributed by atoms with Gasteiger partial charge in [-0.1, -0.05) is 32.1 Å². The molecule has 0 rings (SSSR count). The first-order valence-corrected chi connectivity index (χ1v) is 3.51. The molecular formula is C9H14O. The summed E-state index contributed by atoms with van der Waals surface area (Å²) in [4.78, 5) is 10.9. The molecular weight excluding hydrogens is 124 g/mol. The molecule has 0 saturated carbocycles. The van der Waals surface area contributed by atoms with Gasteiger partial charge in [-0.05, 0) is 13.0 Å². The summed E-state index contributed by atoms with van der Waals surface area (Å²) in [5.41, 5.74) is 0. The molecule has 10 heavy (non-hydrogen) atoms. The number of rotatable bonds is 3. The molecule has 0 aliphatic heterocycles. The van der Waals surface area contributed by atoms with E-state index in [9.17, 15) is 4.79 Å². The molecule has 0 atom stereocenters. The van der Waals surface area contributed by atoms with Crippen molar-refractivity contribution < 1.29 is 4.79 Å². The predicted octanol–water partition coefficient (Wildman–Crippen LogP) is 2.34. The van der Waals surface area contributed by atoms with Crippen molar-refractivity contribution in [3.05, 3.63) is 24.3 Å². The van der Waals surface area contributed by atoms with Gasteiger partial charge in [-0.25, -0.2) is 0 Å². The maximum Gasteiger partial charge on any atom is 0.158 e. The lowest BCUT2D eigenvalue weighted by molar-refractivity contribution is -0.117. The van der Waals surface area contributed by atoms with E-state index in [1.165, 1.54) is 0 Å². The van der Waals surface area contributed by atoms with Gasteiger partial charge in [0, 0.05) is 5.92 Å². The number of carbonyl (C=O) groups is 1. The van der Waals surface area contributed by atoms with Gasteiger partial charge in [0.05, 0.1) is 0 Å². The van der Waals surface area contributed by atoms with Gasteiger partial charge < -0.3 is 0 Å². The van der Waals surface area contributed by atoms with Crippen LogP contribution >= 0.6 is 0 Å². The highest BCUT2D eigenvalue weighted by Crippen LogP contribution is 1.94. The Hall–Kier alpha value is -0.850. The number of carbonyl (C=O) groups excluding carboxylic acids is 1. The van der Waals surface area contributed by atoms with Crippen LogP contribution in [0.2, 0.25) is 0 Å². The Labute approximate surface area is 62.4 Å². The van der Waals surface area contributed by atoms with E-state index >= 15 is 0 Å². The van der Waals surface area contributed by atoms with Gasteiger partial charge in [0.1, 0.15) is 0 Å². The Morgan fingerprint density at radius 1 is 1.30 bits per heavy atom. The van der Waals surface area contributed by atoms with E-state index in [1.807, 2.05) is 32.9 Å². The monoisotopic (exact) mass is 138 g/mol. The lowest BCUT2D eigenvalue weighted by Crippen LogP contribution is -2.01. The zero-order valence-corrected chi connectivity index (χ0v) is 6.79. The molecule has 0 aromatic heterocycles. The molecule has 0 N–H and O–H groups in total. The van der Waals surface area contributed by atoms with Crippen LogP contribution in [0.1, 0.15) is 20.8 Å². The van der Waals surface area contributed by atoms with Gasteiger partial charge in [0.25, 0.3) is 0 Å². The highest BCUT2D eigenvalue weighted by atomic mass is 16.1. The third-order valence-electron chi connectivity index (χ3n) is 1.13. The minimum Gasteiger partial charge on any atom is -0.295 e. The van der Waals surface area contributed by atoms with Crippen LogP contribution in [-0.2, 0) is 4.79 Å². The van der Waals surface area contributed by atoms with Crippen molar-refractivity contribution in [1.82, 2.24) is 0 Å². The maximum absolute atomic E-state index is 10.9. The van der Waals surface area contributed by atoms with Gasteiger partial charge in [-0.15, -0.1) is 0 Å². The quantitative estimate of drug-likeness (QED) is 0.432. The first-order chi connectivity index (χ1) is 4.68. The highest BCUT2D eigenvalue weighted by Gasteiger charge is 1.99. The number of ketones is 1. The molecule has 0 aliphatic rings. The Balaban J connectivity index is 3.78. The summed E-state index contributed by atoms with van der Waals surface area (Å²) in [6, 6.07) is 0. The third-order valence-corrected chi connectivity index (χ3v) is 1.13. The summed E-state index contributed by atoms with van der Waals surface area (Å²) >= 11 is 0. The third kappa shape index (κ3) is 4.07. The van der Waals surface area contributed by atoms with E-state index in [2.05, 4.69) is 0 Å². The summed E-state index contributed by atoms with van der Waals surface area (Å²) in [5.74, 6) is 0.291. The highest BCUT2D eigenvalue weighted by molar-refractivity contribution is 5.91. The topological polar surface area (TPSA) is 17.1 Å². The zero-order valence-electron chi connectivity index (χ0n) is 6.79. The standard InChI is InChI=1S/C9H14O/c1-4-5-6-7-9(10)8(2)3/h4-8H,1-3H3/b5-4-,7-6-. The van der Waals surface area contributed by atoms with Crippen molar-refractivity contribution in [2.24, 2.45) is 5.92 Å². The van der Waals surface area contributed by atoms with Crippen molar-refractivity contribution in [1.29, 1.82) is 0 Å². The normalized spacial score (nSPS) is 12.0. The molecule has 0 aromatic carbocycles. The maximum atomic E-state index is 10.9. The van der Waals surface area contributed by atoms with Crippen LogP contribution in [0.15, 0.2) is 24.3 Å². The SMILES string of the molecule is C/C=C\C=C/C(=O)C(C)C. The van der Waals surface area contributed by atoms with Crippen molar-refractivity contribution in [3.63, 3.8) is 0 Å². The van der Waals surface area contributed by atoms with E-state index in [1.54, 1.807) is 12.2 Å². The second-order valence-corrected chi connectivity index (χ2v) is 2.44. The van der Waals surface area contributed by atoms with Crippen LogP contribution in [0.5, 0.6) is 0 Å². The molecule has 0 spiro atoms. The van der Waals surface area contributed by atoms with E-state index in [4.69, 9.17) is 0 Å². The van der Waals surface area contributed by atoms with E-state index in [0.717, 1.165) is 0 Å². The molecule has 1 heteroatoms. The smallest absolute Gasteiger partial charge is 0.158 e. The van der Waals surface area contributed by atoms with Gasteiger partial charge in [-0.3, -0.25) is 4.79 Å². The van der Waals surface area contributed by atoms with Crippen LogP contribution in [0.25, 0.3) is 0 Å². The van der Waals surface area contributed by atoms with Crippen LogP contribution in [0, 0.1) is 5.92 Å². The fourth-order valence-corrected chi connectivity index (χ4v) is 0.454. The number of allylic oxidation sites excluding steroid dienone is 4. The minimum absolute atomic E-state index is 0.113. The van der Waals surface area contributed by atoms with Crippen molar-refractivity contribution >= 4 is 5.78 Å². The van der Waals surface area contributed by atoms with E-state index in [0.29, 0.717) is 0 Å². The molecule has 0 saturated heterocycles. The summed E-state index contributed by atoms with van der Waals surface area (Å²) in [7, 11) is 0. The fourth-order valence-electron chi connectivity index (χ4n) is 0.454. The summed E-state index contributed by atoms with van der Waals surface area (Å²) < 4.78 is 0. The Morgan fingerprint density at radius 2 is 1.90 bits per heavy atom. The van der Waals surface area contributed by atoms with Crippen LogP contribution in [0.3, 0.4) is 0 Å². The first kappa shape index (κ1) is 9.15. The van der Waals surface area contributed by atoms with E-state index < -0.39 is 0 Å². The Bertz CT molecular complexity index is 152. The van der Waals surface area contributed by atoms with Crippen LogP contribution in [0.4, 0.5) is 0 Å². The number of hydrogen-bond donors (Lipinski definition) is 0. The molecule has 0 aliphatic carbocycles. The zero-order chi connectivity index (χ0) is 7.98. The predicted molar refractivity (Wildman–Crippen MR) is 43.8 cm³/mol. The molecule has 0 fully saturated rings. The van der Waals surface area contributed by atoms with Gasteiger partial charge in [-0.2, -0.15) is 0 Å². The molecule has 0 radical (unpaired) electrons. The average molecular weight is 138 g/mol. The lowest BCUT2D eigenvalue weighted by Gasteiger charge is -1.94. The van der Waals surface area contributed by atoms with Gasteiger partial charge in [0.2, 0.25) is 0 Å². The molecule has 1 nitrogen and oxygen atoms in total. The average Bonchev–Trinajstić information content (AvgIpc) is 1.88. The molecule has 0 aromatic rings. The van der Waals surface area contributed by atoms with Crippen molar-refractivity contribution in [2.75, 3.05) is 0 Å². The summed E-state index contributed by atoms with van der Waals surface area (Å²) in [6.07, 6.45) is 7.11. The van der Waals surface area contributed by atoms with Gasteiger partial charge in [0.15, 0.2) is 5.78 Å². The first-order valence-electron chi connectivity index (χ1n) is 3.51. The lowest BCUT2D eigenvalue weighted by atomic mass is 10.1. The molecule has 0 bridgehead atoms. The van der Waals surface area contributed by atoms with E-state index in [-0.39, 0.29) is 11.7 Å². The van der Waals surface area contributed by atoms with Crippen LogP contribution in [-0.4, -0.2) is 5.78 Å².